The molecule has 2 aromatic rings. The number of halogens is 2. The molecule has 1 aromatic heterocycles. The van der Waals surface area contributed by atoms with Crippen molar-refractivity contribution in [2.24, 2.45) is 0 Å². The predicted molar refractivity (Wildman–Crippen MR) is 71.5 cm³/mol. The molecule has 0 spiro atoms. The third-order valence-electron chi connectivity index (χ3n) is 2.31. The van der Waals surface area contributed by atoms with Crippen LogP contribution in [0.3, 0.4) is 0 Å². The minimum atomic E-state index is 0.936. The predicted octanol–water partition coefficient (Wildman–Crippen LogP) is 5.12. The van der Waals surface area contributed by atoms with Crippen molar-refractivity contribution >= 4 is 53.3 Å². The molecular weight excluding hydrogens is 324 g/mol. The van der Waals surface area contributed by atoms with Crippen molar-refractivity contribution in [1.82, 2.24) is 0 Å². The van der Waals surface area contributed by atoms with Gasteiger partial charge in [0.15, 0.2) is 0 Å². The Labute approximate surface area is 105 Å². The molecule has 1 heterocycles. The molecule has 0 aliphatic rings. The van der Waals surface area contributed by atoms with E-state index in [1.54, 1.807) is 11.3 Å². The molecule has 0 nitrogen and oxygen atoms in total. The van der Waals surface area contributed by atoms with Crippen LogP contribution in [0.15, 0.2) is 22.0 Å². The summed E-state index contributed by atoms with van der Waals surface area (Å²) in [5.41, 5.74) is 2.80. The SMILES string of the molecule is CCc1cc(CBr)cc2scc(Br)c12. The van der Waals surface area contributed by atoms with Gasteiger partial charge in [-0.25, -0.2) is 0 Å². The Bertz CT molecular complexity index is 460. The zero-order valence-electron chi connectivity index (χ0n) is 7.81. The van der Waals surface area contributed by atoms with E-state index in [1.165, 1.54) is 25.7 Å². The first kappa shape index (κ1) is 10.7. The molecule has 0 fully saturated rings. The Morgan fingerprint density at radius 3 is 2.79 bits per heavy atom. The number of benzene rings is 1. The van der Waals surface area contributed by atoms with E-state index in [0.29, 0.717) is 0 Å². The highest BCUT2D eigenvalue weighted by Crippen LogP contribution is 2.34. The average molecular weight is 334 g/mol. The van der Waals surface area contributed by atoms with Gasteiger partial charge in [-0.3, -0.25) is 0 Å². The van der Waals surface area contributed by atoms with E-state index in [-0.39, 0.29) is 0 Å². The third-order valence-corrected chi connectivity index (χ3v) is 4.81. The number of hydrogen-bond acceptors (Lipinski definition) is 1. The molecule has 0 N–H and O–H groups in total. The molecule has 0 aliphatic carbocycles. The van der Waals surface area contributed by atoms with Gasteiger partial charge in [0, 0.05) is 25.3 Å². The third kappa shape index (κ3) is 1.77. The molecule has 14 heavy (non-hydrogen) atoms. The Balaban J connectivity index is 2.76. The quantitative estimate of drug-likeness (QED) is 0.669. The molecular formula is C11H10Br2S. The van der Waals surface area contributed by atoms with Gasteiger partial charge in [0.05, 0.1) is 0 Å². The summed E-state index contributed by atoms with van der Waals surface area (Å²) < 4.78 is 2.61. The van der Waals surface area contributed by atoms with Crippen LogP contribution in [0.2, 0.25) is 0 Å². The van der Waals surface area contributed by atoms with E-state index in [2.05, 4.69) is 56.3 Å². The van der Waals surface area contributed by atoms with Crippen LogP contribution in [-0.4, -0.2) is 0 Å². The van der Waals surface area contributed by atoms with E-state index in [9.17, 15) is 0 Å². The van der Waals surface area contributed by atoms with Crippen LogP contribution >= 0.6 is 43.2 Å². The summed E-state index contributed by atoms with van der Waals surface area (Å²) in [6.07, 6.45) is 1.09. The van der Waals surface area contributed by atoms with Gasteiger partial charge in [-0.2, -0.15) is 0 Å². The molecule has 0 atom stereocenters. The van der Waals surface area contributed by atoms with Gasteiger partial charge in [0.2, 0.25) is 0 Å². The molecule has 0 saturated heterocycles. The zero-order chi connectivity index (χ0) is 10.1. The summed E-state index contributed by atoms with van der Waals surface area (Å²) in [5, 5.41) is 4.50. The van der Waals surface area contributed by atoms with Gasteiger partial charge in [-0.15, -0.1) is 11.3 Å². The molecule has 3 heteroatoms. The van der Waals surface area contributed by atoms with Crippen LogP contribution in [0, 0.1) is 0 Å². The van der Waals surface area contributed by atoms with Gasteiger partial charge >= 0.3 is 0 Å². The lowest BCUT2D eigenvalue weighted by Crippen LogP contribution is -1.85. The first-order valence-corrected chi connectivity index (χ1v) is 7.30. The van der Waals surface area contributed by atoms with Gasteiger partial charge in [0.1, 0.15) is 0 Å². The van der Waals surface area contributed by atoms with E-state index in [0.717, 1.165) is 11.8 Å². The summed E-state index contributed by atoms with van der Waals surface area (Å²) in [7, 11) is 0. The first-order valence-electron chi connectivity index (χ1n) is 4.50. The fourth-order valence-corrected chi connectivity index (χ4v) is 3.76. The Hall–Kier alpha value is 0.140. The zero-order valence-corrected chi connectivity index (χ0v) is 11.8. The van der Waals surface area contributed by atoms with Crippen LogP contribution in [0.1, 0.15) is 18.1 Å². The van der Waals surface area contributed by atoms with Crippen molar-refractivity contribution in [2.75, 3.05) is 0 Å². The topological polar surface area (TPSA) is 0 Å². The molecule has 2 rings (SSSR count). The monoisotopic (exact) mass is 332 g/mol. The molecule has 0 radical (unpaired) electrons. The molecule has 0 bridgehead atoms. The Morgan fingerprint density at radius 1 is 1.36 bits per heavy atom. The summed E-state index contributed by atoms with van der Waals surface area (Å²) in [6, 6.07) is 4.55. The van der Waals surface area contributed by atoms with Crippen LogP contribution < -0.4 is 0 Å². The van der Waals surface area contributed by atoms with Gasteiger partial charge in [-0.1, -0.05) is 28.9 Å². The largest absolute Gasteiger partial charge is 0.143 e. The van der Waals surface area contributed by atoms with Crippen LogP contribution in [0.5, 0.6) is 0 Å². The number of rotatable bonds is 2. The van der Waals surface area contributed by atoms with E-state index < -0.39 is 0 Å². The summed E-state index contributed by atoms with van der Waals surface area (Å²) in [6.45, 7) is 2.21. The fourth-order valence-electron chi connectivity index (χ4n) is 1.63. The lowest BCUT2D eigenvalue weighted by atomic mass is 10.1. The molecule has 1 aromatic carbocycles. The molecule has 0 aliphatic heterocycles. The first-order chi connectivity index (χ1) is 6.76. The van der Waals surface area contributed by atoms with Crippen molar-refractivity contribution in [1.29, 1.82) is 0 Å². The second-order valence-electron chi connectivity index (χ2n) is 3.20. The van der Waals surface area contributed by atoms with Crippen molar-refractivity contribution in [2.45, 2.75) is 18.7 Å². The highest BCUT2D eigenvalue weighted by molar-refractivity contribution is 9.10. The van der Waals surface area contributed by atoms with E-state index in [4.69, 9.17) is 0 Å². The van der Waals surface area contributed by atoms with Crippen molar-refractivity contribution < 1.29 is 0 Å². The van der Waals surface area contributed by atoms with Crippen LogP contribution in [-0.2, 0) is 11.8 Å². The second kappa shape index (κ2) is 4.33. The summed E-state index contributed by atoms with van der Waals surface area (Å²) in [4.78, 5) is 0. The van der Waals surface area contributed by atoms with Crippen LogP contribution in [0.25, 0.3) is 10.1 Å². The number of aryl methyl sites for hydroxylation is 1. The summed E-state index contributed by atoms with van der Waals surface area (Å²) in [5.74, 6) is 0. The molecule has 0 amide bonds. The van der Waals surface area contributed by atoms with Gasteiger partial charge in [0.25, 0.3) is 0 Å². The van der Waals surface area contributed by atoms with Gasteiger partial charge < -0.3 is 0 Å². The van der Waals surface area contributed by atoms with E-state index in [1.807, 2.05) is 0 Å². The highest BCUT2D eigenvalue weighted by Gasteiger charge is 2.07. The minimum absolute atomic E-state index is 0.936. The highest BCUT2D eigenvalue weighted by atomic mass is 79.9. The van der Waals surface area contributed by atoms with Crippen molar-refractivity contribution in [3.05, 3.63) is 33.1 Å². The second-order valence-corrected chi connectivity index (χ2v) is 5.53. The number of thiophene rings is 1. The minimum Gasteiger partial charge on any atom is -0.143 e. The number of alkyl halides is 1. The van der Waals surface area contributed by atoms with Gasteiger partial charge in [-0.05, 0) is 39.5 Å². The maximum atomic E-state index is 3.60. The van der Waals surface area contributed by atoms with Crippen LogP contribution in [0.4, 0.5) is 0 Å². The lowest BCUT2D eigenvalue weighted by Gasteiger charge is -2.03. The molecule has 0 saturated carbocycles. The van der Waals surface area contributed by atoms with Crippen molar-refractivity contribution in [3.8, 4) is 0 Å². The number of fused-ring (bicyclic) bond motifs is 1. The Morgan fingerprint density at radius 2 is 2.14 bits per heavy atom. The summed E-state index contributed by atoms with van der Waals surface area (Å²) >= 11 is 8.92. The maximum Gasteiger partial charge on any atom is 0.0363 e. The smallest absolute Gasteiger partial charge is 0.0363 e. The fraction of sp³-hybridized carbons (Fsp3) is 0.273. The average Bonchev–Trinajstić information content (AvgIpc) is 2.59. The Kier molecular flexibility index (Phi) is 3.30. The molecule has 0 unspecified atom stereocenters. The maximum absolute atomic E-state index is 3.60. The lowest BCUT2D eigenvalue weighted by molar-refractivity contribution is 1.15. The van der Waals surface area contributed by atoms with Crippen molar-refractivity contribution in [3.63, 3.8) is 0 Å². The number of hydrogen-bond donors (Lipinski definition) is 0. The standard InChI is InChI=1S/C11H10Br2S/c1-2-8-3-7(5-12)4-10-11(8)9(13)6-14-10/h3-4,6H,2,5H2,1H3. The van der Waals surface area contributed by atoms with E-state index >= 15 is 0 Å². The normalized spacial score (nSPS) is 11.1. The molecule has 74 valence electrons.